The third kappa shape index (κ3) is 4.34. The number of amides is 2. The van der Waals surface area contributed by atoms with Crippen LogP contribution in [0.2, 0.25) is 0 Å². The molecule has 5 rings (SSSR count). The molecule has 34 heavy (non-hydrogen) atoms. The molecule has 1 heterocycles. The topological polar surface area (TPSA) is 108 Å². The number of nitriles is 1. The summed E-state index contributed by atoms with van der Waals surface area (Å²) >= 11 is 0. The van der Waals surface area contributed by atoms with Crippen LogP contribution in [0.15, 0.2) is 23.8 Å². The molecule has 2 N–H and O–H groups in total. The van der Waals surface area contributed by atoms with E-state index in [4.69, 9.17) is 4.74 Å². The van der Waals surface area contributed by atoms with E-state index in [-0.39, 0.29) is 35.9 Å². The van der Waals surface area contributed by atoms with E-state index >= 15 is 0 Å². The lowest BCUT2D eigenvalue weighted by molar-refractivity contribution is -0.129. The minimum absolute atomic E-state index is 0.00257. The average molecular weight is 462 g/mol. The maximum absolute atomic E-state index is 13.5. The lowest BCUT2D eigenvalue weighted by Gasteiger charge is -2.36. The van der Waals surface area contributed by atoms with Gasteiger partial charge in [0.2, 0.25) is 11.8 Å². The van der Waals surface area contributed by atoms with Crippen LogP contribution >= 0.6 is 0 Å². The molecule has 0 spiro atoms. The lowest BCUT2D eigenvalue weighted by Crippen LogP contribution is -2.45. The molecule has 3 fully saturated rings. The first-order valence-corrected chi connectivity index (χ1v) is 12.3. The summed E-state index contributed by atoms with van der Waals surface area (Å²) in [6, 6.07) is 7.56. The third-order valence-corrected chi connectivity index (χ3v) is 8.13. The predicted molar refractivity (Wildman–Crippen MR) is 125 cm³/mol. The van der Waals surface area contributed by atoms with Gasteiger partial charge in [-0.2, -0.15) is 5.26 Å². The Kier molecular flexibility index (Phi) is 5.93. The van der Waals surface area contributed by atoms with E-state index in [9.17, 15) is 19.6 Å². The highest BCUT2D eigenvalue weighted by Crippen LogP contribution is 2.46. The number of methoxy groups -OCH3 is 1. The summed E-state index contributed by atoms with van der Waals surface area (Å²) < 4.78 is 5.42. The number of carbonyl (C=O) groups excluding carboxylic acids is 3. The Morgan fingerprint density at radius 1 is 1.32 bits per heavy atom. The number of nitrogens with one attached hydrogen (secondary N) is 2. The van der Waals surface area contributed by atoms with Crippen molar-refractivity contribution in [3.8, 4) is 11.8 Å². The molecule has 0 bridgehead atoms. The van der Waals surface area contributed by atoms with Crippen LogP contribution in [-0.2, 0) is 20.8 Å². The molecule has 0 radical (unpaired) electrons. The van der Waals surface area contributed by atoms with Crippen molar-refractivity contribution in [1.82, 2.24) is 10.6 Å². The van der Waals surface area contributed by atoms with Gasteiger partial charge in [-0.1, -0.05) is 25.0 Å². The van der Waals surface area contributed by atoms with E-state index in [1.54, 1.807) is 7.11 Å². The number of hydrogen-bond donors (Lipinski definition) is 2. The van der Waals surface area contributed by atoms with Crippen LogP contribution in [0, 0.1) is 34.5 Å². The average Bonchev–Trinajstić information content (AvgIpc) is 3.43. The second-order valence-corrected chi connectivity index (χ2v) is 10.5. The summed E-state index contributed by atoms with van der Waals surface area (Å²) in [7, 11) is 1.61. The molecule has 0 aromatic heterocycles. The van der Waals surface area contributed by atoms with E-state index < -0.39 is 11.5 Å². The first-order valence-electron chi connectivity index (χ1n) is 12.3. The van der Waals surface area contributed by atoms with Gasteiger partial charge in [-0.3, -0.25) is 14.4 Å². The molecule has 4 atom stereocenters. The molecule has 4 unspecified atom stereocenters. The Morgan fingerprint density at radius 3 is 2.88 bits per heavy atom. The molecule has 1 saturated heterocycles. The van der Waals surface area contributed by atoms with Crippen molar-refractivity contribution in [1.29, 1.82) is 5.26 Å². The highest BCUT2D eigenvalue weighted by molar-refractivity contribution is 6.03. The van der Waals surface area contributed by atoms with Crippen LogP contribution in [0.1, 0.15) is 56.1 Å². The fourth-order valence-electron chi connectivity index (χ4n) is 5.90. The predicted octanol–water partition coefficient (Wildman–Crippen LogP) is 2.93. The Hall–Kier alpha value is -3.14. The number of fused-ring (bicyclic) bond motifs is 2. The number of ketones is 1. The summed E-state index contributed by atoms with van der Waals surface area (Å²) in [5.74, 6) is 0.929. The summed E-state index contributed by atoms with van der Waals surface area (Å²) in [4.78, 5) is 38.9. The van der Waals surface area contributed by atoms with E-state index in [1.807, 2.05) is 24.3 Å². The Labute approximate surface area is 199 Å². The summed E-state index contributed by atoms with van der Waals surface area (Å²) in [5, 5.41) is 15.9. The maximum atomic E-state index is 13.5. The van der Waals surface area contributed by atoms with Gasteiger partial charge in [-0.05, 0) is 55.2 Å². The normalized spacial score (nSPS) is 28.1. The molecule has 2 saturated carbocycles. The van der Waals surface area contributed by atoms with Crippen molar-refractivity contribution >= 4 is 23.7 Å². The van der Waals surface area contributed by atoms with Gasteiger partial charge in [-0.15, -0.1) is 0 Å². The number of carbonyl (C=O) groups is 3. The number of nitrogens with zero attached hydrogens (tertiary/aromatic N) is 1. The van der Waals surface area contributed by atoms with Crippen molar-refractivity contribution in [3.63, 3.8) is 0 Å². The summed E-state index contributed by atoms with van der Waals surface area (Å²) in [6.07, 6.45) is 7.01. The minimum atomic E-state index is -0.831. The van der Waals surface area contributed by atoms with E-state index in [0.717, 1.165) is 36.1 Å². The smallest absolute Gasteiger partial charge is 0.248 e. The van der Waals surface area contributed by atoms with E-state index in [2.05, 4.69) is 16.7 Å². The van der Waals surface area contributed by atoms with Crippen LogP contribution in [0.4, 0.5) is 0 Å². The van der Waals surface area contributed by atoms with Gasteiger partial charge in [0, 0.05) is 36.4 Å². The van der Waals surface area contributed by atoms with Crippen LogP contribution in [0.25, 0.3) is 6.08 Å². The second kappa shape index (κ2) is 8.90. The standard InChI is InChI=1S/C27H31N3O4/c1-34-24-4-2-3-17-10-19(11-20(17)24)25(32)30-22(9-16-5-6-16)23(31)13-27(15-28)8-7-18-14-29-26(33)21(18)12-27/h2-4,11,16,18,21-22H,5-10,12-14H2,1H3,(H,29,33)(H,30,32). The maximum Gasteiger partial charge on any atom is 0.248 e. The van der Waals surface area contributed by atoms with Crippen molar-refractivity contribution in [3.05, 3.63) is 34.9 Å². The highest BCUT2D eigenvalue weighted by Gasteiger charge is 2.48. The van der Waals surface area contributed by atoms with Gasteiger partial charge < -0.3 is 15.4 Å². The minimum Gasteiger partial charge on any atom is -0.496 e. The van der Waals surface area contributed by atoms with Crippen molar-refractivity contribution in [2.75, 3.05) is 13.7 Å². The quantitative estimate of drug-likeness (QED) is 0.619. The Bertz CT molecular complexity index is 1100. The molecule has 1 aromatic carbocycles. The third-order valence-electron chi connectivity index (χ3n) is 8.13. The molecule has 178 valence electrons. The van der Waals surface area contributed by atoms with E-state index in [0.29, 0.717) is 43.7 Å². The fraction of sp³-hybridized carbons (Fsp3) is 0.556. The first-order chi connectivity index (χ1) is 16.4. The first kappa shape index (κ1) is 22.6. The van der Waals surface area contributed by atoms with Crippen LogP contribution in [0.3, 0.4) is 0 Å². The fourth-order valence-corrected chi connectivity index (χ4v) is 5.90. The zero-order valence-corrected chi connectivity index (χ0v) is 19.6. The molecule has 2 amide bonds. The molecule has 7 nitrogen and oxygen atoms in total. The molecule has 4 aliphatic rings. The number of hydrogen-bond acceptors (Lipinski definition) is 5. The van der Waals surface area contributed by atoms with Gasteiger partial charge in [0.25, 0.3) is 0 Å². The van der Waals surface area contributed by atoms with Gasteiger partial charge >= 0.3 is 0 Å². The number of rotatable bonds is 8. The summed E-state index contributed by atoms with van der Waals surface area (Å²) in [5.41, 5.74) is 1.73. The highest BCUT2D eigenvalue weighted by atomic mass is 16.5. The zero-order chi connectivity index (χ0) is 23.9. The molecular formula is C27H31N3O4. The summed E-state index contributed by atoms with van der Waals surface area (Å²) in [6.45, 7) is 0.668. The molecular weight excluding hydrogens is 430 g/mol. The van der Waals surface area contributed by atoms with Gasteiger partial charge in [0.15, 0.2) is 5.78 Å². The molecule has 1 aliphatic heterocycles. The van der Waals surface area contributed by atoms with Gasteiger partial charge in [0.05, 0.1) is 24.6 Å². The largest absolute Gasteiger partial charge is 0.496 e. The monoisotopic (exact) mass is 461 g/mol. The molecule has 7 heteroatoms. The zero-order valence-electron chi connectivity index (χ0n) is 19.6. The van der Waals surface area contributed by atoms with Gasteiger partial charge in [-0.25, -0.2) is 0 Å². The van der Waals surface area contributed by atoms with E-state index in [1.165, 1.54) is 0 Å². The SMILES string of the molecule is COc1cccc2c1C=C(C(=O)NC(CC1CC1)C(=O)CC1(C#N)CCC3CNC(=O)C3C1)C2. The van der Waals surface area contributed by atoms with Crippen molar-refractivity contribution < 1.29 is 19.1 Å². The molecule has 1 aromatic rings. The van der Waals surface area contributed by atoms with Crippen molar-refractivity contribution in [2.45, 2.75) is 57.4 Å². The second-order valence-electron chi connectivity index (χ2n) is 10.5. The number of benzene rings is 1. The lowest BCUT2D eigenvalue weighted by atomic mass is 9.64. The molecule has 3 aliphatic carbocycles. The Balaban J connectivity index is 1.29. The Morgan fingerprint density at radius 2 is 2.15 bits per heavy atom. The van der Waals surface area contributed by atoms with Crippen molar-refractivity contribution in [2.24, 2.45) is 23.2 Å². The number of Topliss-reactive ketones (excluding diaryl/α,β-unsaturated/α-hetero) is 1. The van der Waals surface area contributed by atoms with Gasteiger partial charge in [0.1, 0.15) is 5.75 Å². The van der Waals surface area contributed by atoms with Crippen LogP contribution in [0.5, 0.6) is 5.75 Å². The van der Waals surface area contributed by atoms with Crippen LogP contribution in [-0.4, -0.2) is 37.3 Å². The van der Waals surface area contributed by atoms with Crippen LogP contribution < -0.4 is 15.4 Å². The number of ether oxygens (including phenoxy) is 1.